The molecule has 1 aromatic carbocycles. The molecule has 0 saturated carbocycles. The molecule has 25 heavy (non-hydrogen) atoms. The van der Waals surface area contributed by atoms with Crippen LogP contribution in [0.15, 0.2) is 24.3 Å². The van der Waals surface area contributed by atoms with Crippen molar-refractivity contribution in [1.29, 1.82) is 0 Å². The van der Waals surface area contributed by atoms with Crippen molar-refractivity contribution in [2.75, 3.05) is 14.1 Å². The highest BCUT2D eigenvalue weighted by atomic mass is 32.1. The molecule has 1 amide bonds. The van der Waals surface area contributed by atoms with E-state index in [1.54, 1.807) is 7.05 Å². The van der Waals surface area contributed by atoms with Crippen molar-refractivity contribution >= 4 is 18.1 Å². The molecule has 0 bridgehead atoms. The summed E-state index contributed by atoms with van der Waals surface area (Å²) in [6.45, 7) is 2.60. The Kier molecular flexibility index (Phi) is 5.65. The zero-order valence-corrected chi connectivity index (χ0v) is 15.7. The van der Waals surface area contributed by atoms with Crippen molar-refractivity contribution in [2.24, 2.45) is 0 Å². The lowest BCUT2D eigenvalue weighted by molar-refractivity contribution is -0.917. The van der Waals surface area contributed by atoms with Gasteiger partial charge in [0.2, 0.25) is 4.77 Å². The molecular formula is C18H26N5OS+. The van der Waals surface area contributed by atoms with E-state index >= 15 is 0 Å². The maximum atomic E-state index is 11.6. The highest BCUT2D eigenvalue weighted by molar-refractivity contribution is 7.71. The Hall–Kier alpha value is -1.99. The molecular weight excluding hydrogens is 334 g/mol. The zero-order chi connectivity index (χ0) is 17.8. The number of hydrogen-bond donors (Lipinski definition) is 2. The van der Waals surface area contributed by atoms with Crippen LogP contribution in [0.2, 0.25) is 0 Å². The second-order valence-electron chi connectivity index (χ2n) is 6.73. The van der Waals surface area contributed by atoms with Gasteiger partial charge in [0.1, 0.15) is 12.4 Å². The summed E-state index contributed by atoms with van der Waals surface area (Å²) in [6.07, 6.45) is 4.67. The number of rotatable bonds is 5. The molecule has 0 saturated heterocycles. The third-order valence-electron chi connectivity index (χ3n) is 4.65. The summed E-state index contributed by atoms with van der Waals surface area (Å²) in [6, 6.07) is 7.75. The standard InChI is InChI=1S/C18H25N5OS/c1-19-17(24)15-9-7-14(8-10-15)12-21(2)13-23-18(25)22-11-5-3-4-6-16(22)20-23/h7-10H,3-6,11-13H2,1-2H3,(H,19,24)/p+1. The first-order valence-electron chi connectivity index (χ1n) is 8.87. The minimum atomic E-state index is -0.0573. The van der Waals surface area contributed by atoms with Gasteiger partial charge in [-0.05, 0) is 37.2 Å². The van der Waals surface area contributed by atoms with Crippen LogP contribution in [0.1, 0.15) is 41.0 Å². The number of aryl methyl sites for hydroxylation is 1. The molecule has 1 aliphatic rings. The zero-order valence-electron chi connectivity index (χ0n) is 14.9. The van der Waals surface area contributed by atoms with E-state index in [0.717, 1.165) is 36.8 Å². The summed E-state index contributed by atoms with van der Waals surface area (Å²) in [5, 5.41) is 7.38. The highest BCUT2D eigenvalue weighted by Gasteiger charge is 2.15. The minimum absolute atomic E-state index is 0.0573. The summed E-state index contributed by atoms with van der Waals surface area (Å²) < 4.78 is 5.00. The molecule has 2 aromatic rings. The van der Waals surface area contributed by atoms with Gasteiger partial charge in [0.15, 0.2) is 6.67 Å². The largest absolute Gasteiger partial charge is 0.355 e. The number of amides is 1. The summed E-state index contributed by atoms with van der Waals surface area (Å²) in [5.74, 6) is 1.07. The van der Waals surface area contributed by atoms with Gasteiger partial charge in [-0.1, -0.05) is 18.6 Å². The van der Waals surface area contributed by atoms with Crippen LogP contribution < -0.4 is 10.2 Å². The third-order valence-corrected chi connectivity index (χ3v) is 5.08. The van der Waals surface area contributed by atoms with E-state index in [9.17, 15) is 4.79 Å². The molecule has 2 heterocycles. The van der Waals surface area contributed by atoms with E-state index in [1.807, 2.05) is 28.9 Å². The summed E-state index contributed by atoms with van der Waals surface area (Å²) in [7, 11) is 3.78. The van der Waals surface area contributed by atoms with Crippen LogP contribution in [0.25, 0.3) is 0 Å². The minimum Gasteiger partial charge on any atom is -0.355 e. The van der Waals surface area contributed by atoms with Crippen molar-refractivity contribution in [3.8, 4) is 0 Å². The molecule has 0 fully saturated rings. The van der Waals surface area contributed by atoms with Crippen molar-refractivity contribution < 1.29 is 9.69 Å². The predicted molar refractivity (Wildman–Crippen MR) is 99.0 cm³/mol. The maximum absolute atomic E-state index is 11.6. The van der Waals surface area contributed by atoms with Gasteiger partial charge in [0.05, 0.1) is 7.05 Å². The number of carbonyl (C=O) groups excluding carboxylic acids is 1. The van der Waals surface area contributed by atoms with Gasteiger partial charge in [-0.3, -0.25) is 4.79 Å². The fourth-order valence-corrected chi connectivity index (χ4v) is 3.61. The fourth-order valence-electron chi connectivity index (χ4n) is 3.31. The number of fused-ring (bicyclic) bond motifs is 1. The first-order chi connectivity index (χ1) is 12.1. The molecule has 1 unspecified atom stereocenters. The molecule has 2 N–H and O–H groups in total. The summed E-state index contributed by atoms with van der Waals surface area (Å²) >= 11 is 5.62. The van der Waals surface area contributed by atoms with Gasteiger partial charge >= 0.3 is 0 Å². The van der Waals surface area contributed by atoms with E-state index in [-0.39, 0.29) is 5.91 Å². The van der Waals surface area contributed by atoms with Gasteiger partial charge in [-0.15, -0.1) is 0 Å². The average molecular weight is 361 g/mol. The lowest BCUT2D eigenvalue weighted by Gasteiger charge is -2.14. The van der Waals surface area contributed by atoms with Crippen LogP contribution in [0.5, 0.6) is 0 Å². The van der Waals surface area contributed by atoms with E-state index in [4.69, 9.17) is 17.3 Å². The second-order valence-corrected chi connectivity index (χ2v) is 7.09. The van der Waals surface area contributed by atoms with Crippen LogP contribution >= 0.6 is 12.2 Å². The lowest BCUT2D eigenvalue weighted by atomic mass is 10.1. The van der Waals surface area contributed by atoms with E-state index in [1.165, 1.54) is 29.7 Å². The SMILES string of the molecule is CNC(=O)c1ccc(C[NH+](C)Cn2nc3n(c2=S)CCCCC3)cc1. The Morgan fingerprint density at radius 3 is 2.76 bits per heavy atom. The van der Waals surface area contributed by atoms with E-state index in [0.29, 0.717) is 5.56 Å². The van der Waals surface area contributed by atoms with E-state index in [2.05, 4.69) is 16.9 Å². The first-order valence-corrected chi connectivity index (χ1v) is 9.28. The van der Waals surface area contributed by atoms with Gasteiger partial charge in [-0.2, -0.15) is 9.78 Å². The number of benzene rings is 1. The van der Waals surface area contributed by atoms with Crippen LogP contribution in [-0.2, 0) is 26.2 Å². The van der Waals surface area contributed by atoms with Crippen molar-refractivity contribution in [2.45, 2.75) is 45.4 Å². The lowest BCUT2D eigenvalue weighted by Crippen LogP contribution is -3.07. The topological polar surface area (TPSA) is 56.3 Å². The molecule has 0 radical (unpaired) electrons. The molecule has 0 spiro atoms. The smallest absolute Gasteiger partial charge is 0.251 e. The predicted octanol–water partition coefficient (Wildman–Crippen LogP) is 1.17. The summed E-state index contributed by atoms with van der Waals surface area (Å²) in [4.78, 5) is 12.9. The monoisotopic (exact) mass is 360 g/mol. The van der Waals surface area contributed by atoms with Crippen LogP contribution in [0, 0.1) is 4.77 Å². The second kappa shape index (κ2) is 7.93. The van der Waals surface area contributed by atoms with Gasteiger partial charge < -0.3 is 14.8 Å². The van der Waals surface area contributed by atoms with Gasteiger partial charge in [-0.25, -0.2) is 0 Å². The Balaban J connectivity index is 1.66. The quantitative estimate of drug-likeness (QED) is 0.787. The molecule has 3 rings (SSSR count). The number of aromatic nitrogens is 3. The van der Waals surface area contributed by atoms with Crippen LogP contribution in [-0.4, -0.2) is 34.4 Å². The van der Waals surface area contributed by atoms with Crippen LogP contribution in [0.4, 0.5) is 0 Å². The Bertz CT molecular complexity index is 793. The summed E-state index contributed by atoms with van der Waals surface area (Å²) in [5.41, 5.74) is 1.88. The van der Waals surface area contributed by atoms with Crippen molar-refractivity contribution in [3.63, 3.8) is 0 Å². The molecule has 0 aliphatic carbocycles. The number of quaternary nitrogens is 1. The molecule has 1 atom stereocenters. The Morgan fingerprint density at radius 1 is 1.28 bits per heavy atom. The molecule has 134 valence electrons. The van der Waals surface area contributed by atoms with Crippen molar-refractivity contribution in [3.05, 3.63) is 46.0 Å². The molecule has 7 heteroatoms. The number of hydrogen-bond acceptors (Lipinski definition) is 3. The van der Waals surface area contributed by atoms with E-state index < -0.39 is 0 Å². The maximum Gasteiger partial charge on any atom is 0.251 e. The highest BCUT2D eigenvalue weighted by Crippen LogP contribution is 2.13. The molecule has 1 aliphatic heterocycles. The third kappa shape index (κ3) is 4.16. The Morgan fingerprint density at radius 2 is 2.04 bits per heavy atom. The molecule has 1 aromatic heterocycles. The van der Waals surface area contributed by atoms with Gasteiger partial charge in [0, 0.05) is 31.1 Å². The Labute approximate surface area is 153 Å². The van der Waals surface area contributed by atoms with Gasteiger partial charge in [0.25, 0.3) is 5.91 Å². The normalized spacial score (nSPS) is 15.3. The average Bonchev–Trinajstić information content (AvgIpc) is 2.78. The fraction of sp³-hybridized carbons (Fsp3) is 0.500. The first kappa shape index (κ1) is 17.8. The molecule has 6 nitrogen and oxygen atoms in total. The number of nitrogens with one attached hydrogen (secondary N) is 2. The van der Waals surface area contributed by atoms with Crippen molar-refractivity contribution in [1.82, 2.24) is 19.7 Å². The van der Waals surface area contributed by atoms with Crippen LogP contribution in [0.3, 0.4) is 0 Å². The number of carbonyl (C=O) groups is 1. The number of nitrogens with zero attached hydrogens (tertiary/aromatic N) is 3.